The predicted octanol–water partition coefficient (Wildman–Crippen LogP) is 7.86. The second-order valence-corrected chi connectivity index (χ2v) is 13.9. The van der Waals surface area contributed by atoms with Crippen molar-refractivity contribution in [2.24, 2.45) is 17.8 Å². The summed E-state index contributed by atoms with van der Waals surface area (Å²) in [6.07, 6.45) is 12.2. The number of unbranched alkanes of at least 4 members (excludes halogenated alkanes) is 2. The van der Waals surface area contributed by atoms with Gasteiger partial charge in [-0.1, -0.05) is 105 Å². The van der Waals surface area contributed by atoms with E-state index in [9.17, 15) is 0 Å². The van der Waals surface area contributed by atoms with Crippen molar-refractivity contribution in [1.29, 1.82) is 0 Å². The molecule has 4 unspecified atom stereocenters. The van der Waals surface area contributed by atoms with Gasteiger partial charge in [0.2, 0.25) is 0 Å². The van der Waals surface area contributed by atoms with E-state index >= 15 is 0 Å². The fourth-order valence-corrected chi connectivity index (χ4v) is 5.68. The van der Waals surface area contributed by atoms with Crippen molar-refractivity contribution in [2.75, 3.05) is 0 Å². The summed E-state index contributed by atoms with van der Waals surface area (Å²) in [4.78, 5) is 0. The third-order valence-corrected chi connectivity index (χ3v) is 6.91. The highest BCUT2D eigenvalue weighted by Gasteiger charge is 2.34. The maximum absolute atomic E-state index is 6.17. The van der Waals surface area contributed by atoms with Gasteiger partial charge in [-0.15, -0.1) is 0 Å². The van der Waals surface area contributed by atoms with Crippen LogP contribution in [0, 0.1) is 24.7 Å². The number of hydrogen-bond acceptors (Lipinski definition) is 1. The topological polar surface area (TPSA) is 9.23 Å². The fraction of sp³-hybridized carbons (Fsp3) is 0.565. The highest BCUT2D eigenvalue weighted by molar-refractivity contribution is 8.41. The molecule has 0 saturated heterocycles. The molecule has 0 spiro atoms. The Morgan fingerprint density at radius 1 is 1.33 bits per heavy atom. The molecule has 0 heterocycles. The Kier molecular flexibility index (Phi) is 10.2. The van der Waals surface area contributed by atoms with E-state index in [0.29, 0.717) is 17.8 Å². The van der Waals surface area contributed by atoms with Gasteiger partial charge in [-0.05, 0) is 49.5 Å². The third kappa shape index (κ3) is 7.71. The highest BCUT2D eigenvalue weighted by Crippen LogP contribution is 2.55. The molecule has 6 atom stereocenters. The fourth-order valence-electron chi connectivity index (χ4n) is 4.26. The van der Waals surface area contributed by atoms with Gasteiger partial charge >= 0.3 is 0 Å². The molecule has 150 valence electrons. The van der Waals surface area contributed by atoms with Gasteiger partial charge in [0.15, 0.2) is 0 Å². The van der Waals surface area contributed by atoms with Gasteiger partial charge in [-0.25, -0.2) is 0 Å². The molecule has 1 aromatic rings. The summed E-state index contributed by atoms with van der Waals surface area (Å²) in [5.74, 6) is 1.77. The zero-order valence-corrected chi connectivity index (χ0v) is 20.4. The smallest absolute Gasteiger partial charge is 0.0807 e. The molecule has 4 heteroatoms. The zero-order valence-electron chi connectivity index (χ0n) is 17.2. The van der Waals surface area contributed by atoms with Gasteiger partial charge in [0.25, 0.3) is 0 Å². The van der Waals surface area contributed by atoms with Crippen LogP contribution in [0.25, 0.3) is 0 Å². The van der Waals surface area contributed by atoms with E-state index in [1.807, 2.05) is 0 Å². The summed E-state index contributed by atoms with van der Waals surface area (Å²) in [6.45, 7) is 11.2. The van der Waals surface area contributed by atoms with Crippen molar-refractivity contribution in [3.05, 3.63) is 59.7 Å². The molecule has 0 aromatic heterocycles. The first-order chi connectivity index (χ1) is 12.9. The van der Waals surface area contributed by atoms with E-state index in [1.165, 1.54) is 36.0 Å². The predicted molar refractivity (Wildman–Crippen MR) is 129 cm³/mol. The van der Waals surface area contributed by atoms with Crippen LogP contribution in [0.3, 0.4) is 0 Å². The average molecular weight is 422 g/mol. The summed E-state index contributed by atoms with van der Waals surface area (Å²) >= 11 is 0. The molecule has 0 aliphatic heterocycles. The van der Waals surface area contributed by atoms with E-state index in [0.717, 1.165) is 19.3 Å². The Morgan fingerprint density at radius 2 is 2.11 bits per heavy atom. The van der Waals surface area contributed by atoms with Crippen molar-refractivity contribution in [3.63, 3.8) is 0 Å². The Hall–Kier alpha value is -0.0500. The van der Waals surface area contributed by atoms with Gasteiger partial charge in [0.1, 0.15) is 0 Å². The van der Waals surface area contributed by atoms with E-state index in [-0.39, 0.29) is 6.10 Å². The summed E-state index contributed by atoms with van der Waals surface area (Å²) in [6, 6.07) is 8.93. The Morgan fingerprint density at radius 3 is 2.78 bits per heavy atom. The molecule has 0 N–H and O–H groups in total. The highest BCUT2D eigenvalue weighted by atomic mass is 32.4. The molecule has 1 aliphatic rings. The molecule has 27 heavy (non-hydrogen) atoms. The molecule has 1 aliphatic carbocycles. The van der Waals surface area contributed by atoms with E-state index in [1.54, 1.807) is 0 Å². The van der Waals surface area contributed by atoms with E-state index < -0.39 is 7.53 Å². The minimum Gasteiger partial charge on any atom is -0.344 e. The first kappa shape index (κ1) is 23.2. The first-order valence-electron chi connectivity index (χ1n) is 10.3. The van der Waals surface area contributed by atoms with Crippen LogP contribution < -0.4 is 0 Å². The molecular weight excluding hydrogens is 385 g/mol. The minimum atomic E-state index is -0.494. The van der Waals surface area contributed by atoms with Gasteiger partial charge < -0.3 is 4.52 Å². The van der Waals surface area contributed by atoms with Crippen LogP contribution in [0.15, 0.2) is 48.6 Å². The number of benzene rings is 1. The molecule has 0 bridgehead atoms. The second kappa shape index (κ2) is 11.8. The number of aryl methyl sites for hydroxylation is 1. The van der Waals surface area contributed by atoms with Crippen molar-refractivity contribution in [1.82, 2.24) is 0 Å². The van der Waals surface area contributed by atoms with Gasteiger partial charge in [0.05, 0.1) is 13.6 Å². The van der Waals surface area contributed by atoms with E-state index in [4.69, 9.17) is 4.52 Å². The largest absolute Gasteiger partial charge is 0.344 e. The third-order valence-electron chi connectivity index (χ3n) is 5.67. The van der Waals surface area contributed by atoms with Crippen LogP contribution in [0.2, 0.25) is 0 Å². The lowest BCUT2D eigenvalue weighted by Crippen LogP contribution is -2.15. The summed E-state index contributed by atoms with van der Waals surface area (Å²) in [5.41, 5.74) is 4.19. The molecule has 2 rings (SSSR count). The van der Waals surface area contributed by atoms with Crippen LogP contribution in [0.1, 0.15) is 57.1 Å². The lowest BCUT2D eigenvalue weighted by molar-refractivity contribution is 0.268. The Balaban J connectivity index is 2.08. The van der Waals surface area contributed by atoms with Gasteiger partial charge in [0, 0.05) is 0 Å². The summed E-state index contributed by atoms with van der Waals surface area (Å²) in [7, 11) is 5.10. The maximum atomic E-state index is 6.17. The van der Waals surface area contributed by atoms with Crippen molar-refractivity contribution in [3.8, 4) is 0 Å². The molecule has 0 amide bonds. The number of allylic oxidation sites excluding steroid dienone is 2. The van der Waals surface area contributed by atoms with Crippen LogP contribution in [0.5, 0.6) is 0 Å². The Labute approximate surface area is 172 Å². The molecule has 1 nitrogen and oxygen atoms in total. The van der Waals surface area contributed by atoms with Crippen molar-refractivity contribution >= 4 is 25.4 Å². The maximum Gasteiger partial charge on any atom is 0.0807 e. The Bertz CT molecular complexity index is 626. The second-order valence-electron chi connectivity index (χ2n) is 8.10. The lowest BCUT2D eigenvalue weighted by Gasteiger charge is -2.22. The number of hydrogen-bond donors (Lipinski definition) is 0. The normalized spacial score (nSPS) is 24.2. The molecule has 0 radical (unpaired) electrons. The van der Waals surface area contributed by atoms with Crippen molar-refractivity contribution < 1.29 is 4.52 Å². The average Bonchev–Trinajstić information content (AvgIpc) is 2.85. The summed E-state index contributed by atoms with van der Waals surface area (Å²) < 4.78 is 6.17. The minimum absolute atomic E-state index is 0.235. The van der Waals surface area contributed by atoms with Crippen molar-refractivity contribution in [2.45, 2.75) is 65.4 Å². The summed E-state index contributed by atoms with van der Waals surface area (Å²) in [5, 5.41) is 0. The quantitative estimate of drug-likeness (QED) is 0.212. The zero-order chi connectivity index (χ0) is 19.8. The molecular formula is C23H37OP3. The van der Waals surface area contributed by atoms with E-state index in [2.05, 4.69) is 81.6 Å². The van der Waals surface area contributed by atoms with Crippen LogP contribution in [-0.4, -0.2) is 6.10 Å². The van der Waals surface area contributed by atoms with Crippen LogP contribution in [-0.2, 0) is 10.9 Å². The molecule has 1 aromatic carbocycles. The monoisotopic (exact) mass is 422 g/mol. The SMILES string of the molecule is C=C1CC(C)[C@H](/C=C/[C@H](CCCCC)OP(P)P)C1Cc1cccc(C)c1. The van der Waals surface area contributed by atoms with Gasteiger partial charge in [-0.2, -0.15) is 0 Å². The lowest BCUT2D eigenvalue weighted by atomic mass is 9.84. The van der Waals surface area contributed by atoms with Crippen LogP contribution in [0.4, 0.5) is 0 Å². The first-order valence-corrected chi connectivity index (χ1v) is 14.8. The molecule has 1 fully saturated rings. The van der Waals surface area contributed by atoms with Crippen LogP contribution >= 0.6 is 25.4 Å². The standard InChI is InChI=1S/C23H37OP3/c1-5-6-7-11-21(24-27(25)26)12-13-22-18(3)15-19(4)23(22)16-20-10-8-9-17(2)14-20/h8-10,12-14,18,21-23H,4-7,11,15-16,25-26H2,1-3H3/b13-12+/t18?,21-,22-,23?/m0/s1. The molecule has 1 saturated carbocycles. The number of rotatable bonds is 10. The van der Waals surface area contributed by atoms with Gasteiger partial charge in [-0.3, -0.25) is 0 Å².